The van der Waals surface area contributed by atoms with Crippen LogP contribution in [0.4, 0.5) is 16.2 Å². The predicted molar refractivity (Wildman–Crippen MR) is 98.8 cm³/mol. The van der Waals surface area contributed by atoms with Crippen LogP contribution in [0.2, 0.25) is 0 Å². The Labute approximate surface area is 225 Å². The van der Waals surface area contributed by atoms with Crippen molar-refractivity contribution in [3.63, 3.8) is 0 Å². The van der Waals surface area contributed by atoms with E-state index in [1.807, 2.05) is 0 Å². The first-order valence-corrected chi connectivity index (χ1v) is 6.41. The number of carbonyl (C=O) groups excluding carboxylic acids is 1. The molecule has 6 N–H and O–H groups in total. The van der Waals surface area contributed by atoms with Gasteiger partial charge in [-0.2, -0.15) is 0 Å². The summed E-state index contributed by atoms with van der Waals surface area (Å²) in [7, 11) is -3.21. The summed E-state index contributed by atoms with van der Waals surface area (Å²) in [6.07, 6.45) is -1.26. The van der Waals surface area contributed by atoms with Crippen molar-refractivity contribution < 1.29 is 24.2 Å². The topological polar surface area (TPSA) is 128 Å². The van der Waals surface area contributed by atoms with Crippen molar-refractivity contribution in [2.24, 2.45) is 0 Å². The molecule has 0 aliphatic rings. The summed E-state index contributed by atoms with van der Waals surface area (Å²) < 4.78 is 9.33. The molecule has 2 aromatic rings. The van der Waals surface area contributed by atoms with E-state index < -0.39 is 20.4 Å². The van der Waals surface area contributed by atoms with E-state index in [1.165, 1.54) is 12.1 Å². The quantitative estimate of drug-likeness (QED) is 0.350. The molecule has 0 aliphatic heterocycles. The van der Waals surface area contributed by atoms with Crippen LogP contribution < -0.4 is 22.4 Å². The van der Waals surface area contributed by atoms with E-state index in [1.54, 1.807) is 36.4 Å². The van der Waals surface area contributed by atoms with E-state index in [9.17, 15) is 14.8 Å². The van der Waals surface area contributed by atoms with Crippen LogP contribution in [-0.2, 0) is 9.31 Å². The molecule has 0 radical (unpaired) electrons. The molecule has 0 fully saturated rings. The van der Waals surface area contributed by atoms with Crippen LogP contribution in [0.3, 0.4) is 0 Å². The zero-order valence-electron chi connectivity index (χ0n) is 11.5. The van der Waals surface area contributed by atoms with Crippen LogP contribution in [0.15, 0.2) is 48.5 Å². The number of hydrogen-bond acceptors (Lipinski definition) is 7. The monoisotopic (exact) mass is 380 g/mol. The molecule has 0 saturated carbocycles. The average molecular weight is 380 g/mol. The van der Waals surface area contributed by atoms with Crippen molar-refractivity contribution in [2.75, 3.05) is 11.5 Å². The Morgan fingerprint density at radius 3 is 1.46 bits per heavy atom. The van der Waals surface area contributed by atoms with Gasteiger partial charge in [0.1, 0.15) is 0 Å². The number of rotatable bonds is 4. The van der Waals surface area contributed by atoms with Gasteiger partial charge >= 0.3 is 123 Å². The summed E-state index contributed by atoms with van der Waals surface area (Å²) in [6.45, 7) is 0. The van der Waals surface area contributed by atoms with E-state index in [-0.39, 0.29) is 125 Å². The van der Waals surface area contributed by atoms with Gasteiger partial charge in [0.25, 0.3) is 0 Å². The van der Waals surface area contributed by atoms with E-state index in [2.05, 4.69) is 9.31 Å². The molecular formula is C13H16B2K2N2O5. The Hall–Kier alpha value is 0.633. The molecule has 0 heterocycles. The summed E-state index contributed by atoms with van der Waals surface area (Å²) >= 11 is 0. The molecule has 0 amide bonds. The molecule has 2 rings (SSSR count). The molecule has 0 aromatic heterocycles. The molecule has 0 unspecified atom stereocenters. The van der Waals surface area contributed by atoms with Gasteiger partial charge in [0.15, 0.2) is 0 Å². The van der Waals surface area contributed by atoms with Crippen LogP contribution in [-0.4, -0.2) is 133 Å². The van der Waals surface area contributed by atoms with Crippen molar-refractivity contribution in [3.05, 3.63) is 48.5 Å². The maximum atomic E-state index is 11.6. The number of benzene rings is 2. The van der Waals surface area contributed by atoms with Crippen molar-refractivity contribution in [1.82, 2.24) is 0 Å². The van der Waals surface area contributed by atoms with E-state index >= 15 is 0 Å². The summed E-state index contributed by atoms with van der Waals surface area (Å²) in [6, 6.07) is 12.7. The number of carbonyl (C=O) groups is 1. The Balaban J connectivity index is 0.00000264. The molecule has 2 aromatic carbocycles. The van der Waals surface area contributed by atoms with Crippen molar-refractivity contribution >= 4 is 145 Å². The zero-order valence-corrected chi connectivity index (χ0v) is 11.5. The predicted octanol–water partition coefficient (Wildman–Crippen LogP) is -2.22. The van der Waals surface area contributed by atoms with Gasteiger partial charge in [-0.15, -0.1) is 0 Å². The third-order valence-electron chi connectivity index (χ3n) is 2.94. The van der Waals surface area contributed by atoms with Crippen LogP contribution in [0.1, 0.15) is 0 Å². The molecule has 116 valence electrons. The van der Waals surface area contributed by atoms with E-state index in [0.717, 1.165) is 0 Å². The molecule has 0 bridgehead atoms. The first-order valence-electron chi connectivity index (χ1n) is 6.41. The summed E-state index contributed by atoms with van der Waals surface area (Å²) in [5, 5.41) is 19.6. The first-order chi connectivity index (χ1) is 10.5. The van der Waals surface area contributed by atoms with Crippen molar-refractivity contribution in [3.8, 4) is 0 Å². The second-order valence-electron chi connectivity index (χ2n) is 4.45. The summed E-state index contributed by atoms with van der Waals surface area (Å²) in [5.74, 6) is 0. The second-order valence-corrected chi connectivity index (χ2v) is 4.45. The zero-order chi connectivity index (χ0) is 16.1. The second kappa shape index (κ2) is 12.1. The standard InChI is InChI=1S/C13H14B2N2O5.2K.2H/c16-11-7-3-1-5-9(11)14(19)21-13(18)22-15(20)10-6-2-4-8-12(10)17;;;;/h1-8,19-20H,16-17H2;;;;. The first kappa shape index (κ1) is 24.6. The Morgan fingerprint density at radius 1 is 0.792 bits per heavy atom. The molecule has 0 spiro atoms. The average Bonchev–Trinajstić information content (AvgIpc) is 2.47. The third kappa shape index (κ3) is 7.10. The van der Waals surface area contributed by atoms with Gasteiger partial charge in [-0.1, -0.05) is 36.4 Å². The van der Waals surface area contributed by atoms with Gasteiger partial charge in [0.2, 0.25) is 0 Å². The molecular weight excluding hydrogens is 364 g/mol. The van der Waals surface area contributed by atoms with Gasteiger partial charge in [-0.05, 0) is 12.1 Å². The third-order valence-corrected chi connectivity index (χ3v) is 2.94. The molecule has 24 heavy (non-hydrogen) atoms. The Bertz CT molecular complexity index is 625. The maximum absolute atomic E-state index is 11.6. The minimum absolute atomic E-state index is 0. The fourth-order valence-corrected chi connectivity index (χ4v) is 1.81. The van der Waals surface area contributed by atoms with Crippen molar-refractivity contribution in [1.29, 1.82) is 0 Å². The van der Waals surface area contributed by atoms with Crippen LogP contribution in [0, 0.1) is 0 Å². The van der Waals surface area contributed by atoms with Gasteiger partial charge in [0.05, 0.1) is 0 Å². The van der Waals surface area contributed by atoms with Gasteiger partial charge < -0.3 is 30.8 Å². The van der Waals surface area contributed by atoms with Crippen LogP contribution in [0.25, 0.3) is 0 Å². The minimum atomic E-state index is -1.60. The van der Waals surface area contributed by atoms with Gasteiger partial charge in [0, 0.05) is 22.3 Å². The van der Waals surface area contributed by atoms with E-state index in [4.69, 9.17) is 11.5 Å². The molecule has 7 nitrogen and oxygen atoms in total. The molecule has 0 aliphatic carbocycles. The number of para-hydroxylation sites is 2. The molecule has 0 atom stereocenters. The number of hydrogen-bond donors (Lipinski definition) is 4. The molecule has 0 saturated heterocycles. The van der Waals surface area contributed by atoms with Crippen LogP contribution in [0.5, 0.6) is 0 Å². The van der Waals surface area contributed by atoms with Gasteiger partial charge in [-0.3, -0.25) is 0 Å². The fraction of sp³-hybridized carbons (Fsp3) is 0. The number of anilines is 2. The fourth-order valence-electron chi connectivity index (χ4n) is 1.81. The van der Waals surface area contributed by atoms with Gasteiger partial charge in [-0.25, -0.2) is 4.79 Å². The van der Waals surface area contributed by atoms with Crippen molar-refractivity contribution in [2.45, 2.75) is 0 Å². The Kier molecular flexibility index (Phi) is 12.4. The number of nitrogen functional groups attached to an aromatic ring is 2. The summed E-state index contributed by atoms with van der Waals surface area (Å²) in [5.41, 5.74) is 12.3. The van der Waals surface area contributed by atoms with E-state index in [0.29, 0.717) is 0 Å². The molecule has 11 heteroatoms. The Morgan fingerprint density at radius 2 is 1.12 bits per heavy atom. The SMILES string of the molecule is Nc1ccccc1B(O)OC(=O)OB(O)c1ccccc1N.[KH].[KH]. The number of nitrogens with two attached hydrogens (primary N) is 2. The normalized spacial score (nSPS) is 9.08. The van der Waals surface area contributed by atoms with Crippen LogP contribution >= 0.6 is 0 Å². The summed E-state index contributed by atoms with van der Waals surface area (Å²) in [4.78, 5) is 11.6.